The molecule has 3 rings (SSSR count). The number of aromatic nitrogens is 1. The molecule has 0 radical (unpaired) electrons. The van der Waals surface area contributed by atoms with Gasteiger partial charge in [0.15, 0.2) is 0 Å². The first kappa shape index (κ1) is 13.7. The Labute approximate surface area is 126 Å². The Balaban J connectivity index is 0.00000120. The Morgan fingerprint density at radius 2 is 2.06 bits per heavy atom. The lowest BCUT2D eigenvalue weighted by atomic mass is 10.0. The van der Waals surface area contributed by atoms with Gasteiger partial charge in [-0.1, -0.05) is 12.1 Å². The monoisotopic (exact) mass is 354 g/mol. The first-order valence-corrected chi connectivity index (χ1v) is 6.34. The van der Waals surface area contributed by atoms with Gasteiger partial charge in [0.2, 0.25) is 0 Å². The van der Waals surface area contributed by atoms with Crippen molar-refractivity contribution in [1.29, 1.82) is 0 Å². The van der Waals surface area contributed by atoms with Crippen LogP contribution in [-0.4, -0.2) is 30.1 Å². The van der Waals surface area contributed by atoms with Crippen LogP contribution in [0.1, 0.15) is 24.4 Å². The highest BCUT2D eigenvalue weighted by atomic mass is 127. The molecule has 1 unspecified atom stereocenters. The third-order valence-corrected chi connectivity index (χ3v) is 4.07. The molecule has 0 bridgehead atoms. The van der Waals surface area contributed by atoms with Crippen molar-refractivity contribution in [3.8, 4) is 0 Å². The molecule has 1 aliphatic rings. The lowest BCUT2D eigenvalue weighted by Gasteiger charge is -2.31. The second-order valence-electron chi connectivity index (χ2n) is 5.62. The Hall–Kier alpha value is -0.680. The van der Waals surface area contributed by atoms with Gasteiger partial charge in [-0.15, -0.1) is 0 Å². The van der Waals surface area contributed by atoms with Gasteiger partial charge >= 0.3 is 0 Å². The van der Waals surface area contributed by atoms with Crippen molar-refractivity contribution in [2.24, 2.45) is 0 Å². The summed E-state index contributed by atoms with van der Waals surface area (Å²) >= 11 is 0. The van der Waals surface area contributed by atoms with Crippen LogP contribution < -0.4 is 24.0 Å². The molecule has 1 saturated heterocycles. The van der Waals surface area contributed by atoms with E-state index in [0.29, 0.717) is 6.04 Å². The molecule has 0 amide bonds. The molecule has 18 heavy (non-hydrogen) atoms. The van der Waals surface area contributed by atoms with E-state index < -0.39 is 0 Å². The van der Waals surface area contributed by atoms with Crippen molar-refractivity contribution in [2.75, 3.05) is 20.6 Å². The minimum Gasteiger partial charge on any atom is -1.00 e. The first-order chi connectivity index (χ1) is 8.17. The molecule has 0 saturated carbocycles. The maximum absolute atomic E-state index is 4.38. The number of fused-ring (bicyclic) bond motifs is 1. The van der Waals surface area contributed by atoms with Gasteiger partial charge in [-0.2, -0.15) is 0 Å². The smallest absolute Gasteiger partial charge is 0.114 e. The van der Waals surface area contributed by atoms with Gasteiger partial charge in [-0.25, -0.2) is 0 Å². The number of quaternary nitrogens is 1. The Kier molecular flexibility index (Phi) is 3.92. The fourth-order valence-corrected chi connectivity index (χ4v) is 3.07. The van der Waals surface area contributed by atoms with E-state index in [4.69, 9.17) is 0 Å². The minimum atomic E-state index is 0. The third-order valence-electron chi connectivity index (χ3n) is 4.07. The molecular formula is C15H19IN2. The second-order valence-corrected chi connectivity index (χ2v) is 5.62. The van der Waals surface area contributed by atoms with Crippen LogP contribution in [-0.2, 0) is 0 Å². The summed E-state index contributed by atoms with van der Waals surface area (Å²) in [7, 11) is 4.68. The third kappa shape index (κ3) is 2.38. The molecule has 2 nitrogen and oxygen atoms in total. The van der Waals surface area contributed by atoms with E-state index in [1.165, 1.54) is 30.3 Å². The predicted molar refractivity (Wildman–Crippen MR) is 70.7 cm³/mol. The summed E-state index contributed by atoms with van der Waals surface area (Å²) in [5.41, 5.74) is 2.56. The molecule has 0 aliphatic carbocycles. The molecular weight excluding hydrogens is 335 g/mol. The van der Waals surface area contributed by atoms with Crippen molar-refractivity contribution in [3.05, 3.63) is 42.1 Å². The number of nitrogens with zero attached hydrogens (tertiary/aromatic N) is 2. The average molecular weight is 354 g/mol. The van der Waals surface area contributed by atoms with E-state index in [1.54, 1.807) is 0 Å². The van der Waals surface area contributed by atoms with Crippen LogP contribution >= 0.6 is 0 Å². The van der Waals surface area contributed by atoms with Gasteiger partial charge in [0.25, 0.3) is 0 Å². The summed E-state index contributed by atoms with van der Waals surface area (Å²) in [6, 6.07) is 11.5. The molecule has 2 heterocycles. The summed E-state index contributed by atoms with van der Waals surface area (Å²) in [5.74, 6) is 0. The number of hydrogen-bond acceptors (Lipinski definition) is 1. The van der Waals surface area contributed by atoms with Gasteiger partial charge in [-0.05, 0) is 18.2 Å². The van der Waals surface area contributed by atoms with E-state index in [9.17, 15) is 0 Å². The molecule has 0 N–H and O–H groups in total. The minimum absolute atomic E-state index is 0. The lowest BCUT2D eigenvalue weighted by Crippen LogP contribution is -3.00. The van der Waals surface area contributed by atoms with Gasteiger partial charge in [-0.3, -0.25) is 4.98 Å². The highest BCUT2D eigenvalue weighted by molar-refractivity contribution is 5.79. The van der Waals surface area contributed by atoms with Crippen LogP contribution in [0.3, 0.4) is 0 Å². The van der Waals surface area contributed by atoms with E-state index in [1.807, 2.05) is 12.3 Å². The summed E-state index contributed by atoms with van der Waals surface area (Å²) in [6.45, 7) is 1.29. The lowest BCUT2D eigenvalue weighted by molar-refractivity contribution is -0.908. The zero-order chi connectivity index (χ0) is 11.9. The quantitative estimate of drug-likeness (QED) is 0.525. The molecule has 3 heteroatoms. The Morgan fingerprint density at radius 3 is 2.78 bits per heavy atom. The SMILES string of the molecule is C[N+]1(C)CCCC1c1ccc2ncccc2c1.[I-]. The maximum atomic E-state index is 4.38. The summed E-state index contributed by atoms with van der Waals surface area (Å²) < 4.78 is 1.12. The van der Waals surface area contributed by atoms with Crippen LogP contribution in [0.2, 0.25) is 0 Å². The van der Waals surface area contributed by atoms with Gasteiger partial charge in [0, 0.05) is 30.0 Å². The predicted octanol–water partition coefficient (Wildman–Crippen LogP) is 0.150. The highest BCUT2D eigenvalue weighted by Gasteiger charge is 2.35. The molecule has 2 aromatic rings. The number of halogens is 1. The molecule has 1 fully saturated rings. The molecule has 1 aromatic heterocycles. The topological polar surface area (TPSA) is 12.9 Å². The van der Waals surface area contributed by atoms with Gasteiger partial charge in [0.1, 0.15) is 6.04 Å². The number of benzene rings is 1. The van der Waals surface area contributed by atoms with Gasteiger partial charge in [0.05, 0.1) is 26.2 Å². The number of likely N-dealkylation sites (tertiary alicyclic amines) is 1. The van der Waals surface area contributed by atoms with Crippen molar-refractivity contribution in [1.82, 2.24) is 4.98 Å². The largest absolute Gasteiger partial charge is 1.00 e. The molecule has 96 valence electrons. The molecule has 1 aliphatic heterocycles. The van der Waals surface area contributed by atoms with Crippen LogP contribution in [0.5, 0.6) is 0 Å². The molecule has 1 aromatic carbocycles. The fraction of sp³-hybridized carbons (Fsp3) is 0.400. The van der Waals surface area contributed by atoms with E-state index in [2.05, 4.69) is 43.3 Å². The number of pyridine rings is 1. The van der Waals surface area contributed by atoms with Crippen molar-refractivity contribution in [3.63, 3.8) is 0 Å². The van der Waals surface area contributed by atoms with Crippen molar-refractivity contribution < 1.29 is 28.5 Å². The highest BCUT2D eigenvalue weighted by Crippen LogP contribution is 2.36. The zero-order valence-corrected chi connectivity index (χ0v) is 13.1. The van der Waals surface area contributed by atoms with Crippen LogP contribution in [0.25, 0.3) is 10.9 Å². The summed E-state index contributed by atoms with van der Waals surface area (Å²) in [6.07, 6.45) is 4.50. The zero-order valence-electron chi connectivity index (χ0n) is 10.9. The number of hydrogen-bond donors (Lipinski definition) is 0. The van der Waals surface area contributed by atoms with Crippen molar-refractivity contribution >= 4 is 10.9 Å². The first-order valence-electron chi connectivity index (χ1n) is 6.34. The van der Waals surface area contributed by atoms with Crippen molar-refractivity contribution in [2.45, 2.75) is 18.9 Å². The maximum Gasteiger partial charge on any atom is 0.114 e. The van der Waals surface area contributed by atoms with E-state index in [0.717, 1.165) is 10.00 Å². The fourth-order valence-electron chi connectivity index (χ4n) is 3.07. The van der Waals surface area contributed by atoms with Crippen LogP contribution in [0.15, 0.2) is 36.5 Å². The van der Waals surface area contributed by atoms with Crippen LogP contribution in [0.4, 0.5) is 0 Å². The van der Waals surface area contributed by atoms with E-state index in [-0.39, 0.29) is 24.0 Å². The average Bonchev–Trinajstić information content (AvgIpc) is 2.68. The molecule has 0 spiro atoms. The Morgan fingerprint density at radius 1 is 1.22 bits per heavy atom. The standard InChI is InChI=1S/C15H19N2.HI/c1-17(2)10-4-6-15(17)13-7-8-14-12(11-13)5-3-9-16-14;/h3,5,7-9,11,15H,4,6,10H2,1-2H3;1H/q+1;/p-1. The van der Waals surface area contributed by atoms with Gasteiger partial charge < -0.3 is 28.5 Å². The summed E-state index contributed by atoms with van der Waals surface area (Å²) in [4.78, 5) is 4.38. The molecule has 1 atom stereocenters. The number of rotatable bonds is 1. The Bertz CT molecular complexity index is 551. The normalized spacial score (nSPS) is 21.8. The summed E-state index contributed by atoms with van der Waals surface area (Å²) in [5, 5.41) is 1.26. The van der Waals surface area contributed by atoms with E-state index >= 15 is 0 Å². The van der Waals surface area contributed by atoms with Crippen LogP contribution in [0, 0.1) is 0 Å². The second kappa shape index (κ2) is 5.13.